The predicted molar refractivity (Wildman–Crippen MR) is 47.5 cm³/mol. The molecule has 0 N–H and O–H groups in total. The molecule has 58 valence electrons. The van der Waals surface area contributed by atoms with E-state index in [9.17, 15) is 8.42 Å². The highest BCUT2D eigenvalue weighted by atomic mass is 127. The molecule has 0 rings (SSSR count). The summed E-state index contributed by atoms with van der Waals surface area (Å²) < 4.78 is 21.0. The first kappa shape index (κ1) is 10.2. The molecule has 0 spiro atoms. The van der Waals surface area contributed by atoms with Gasteiger partial charge in [-0.2, -0.15) is 5.26 Å². The van der Waals surface area contributed by atoms with Gasteiger partial charge in [0, 0.05) is 12.7 Å². The first-order valence-electron chi connectivity index (χ1n) is 2.68. The normalized spacial score (nSPS) is 14.1. The van der Waals surface area contributed by atoms with Crippen LogP contribution >= 0.6 is 22.6 Å². The first-order chi connectivity index (χ1) is 4.48. The van der Waals surface area contributed by atoms with E-state index in [2.05, 4.69) is 0 Å². The zero-order valence-electron chi connectivity index (χ0n) is 5.54. The van der Waals surface area contributed by atoms with Gasteiger partial charge >= 0.3 is 0 Å². The quantitative estimate of drug-likeness (QED) is 0.571. The van der Waals surface area contributed by atoms with Crippen LogP contribution in [0.25, 0.3) is 0 Å². The van der Waals surface area contributed by atoms with Crippen molar-refractivity contribution in [2.24, 2.45) is 0 Å². The number of nitrogens with zero attached hydrogens (tertiary/aromatic N) is 1. The van der Waals surface area contributed by atoms with Crippen molar-refractivity contribution in [2.45, 2.75) is 16.1 Å². The fourth-order valence-corrected chi connectivity index (χ4v) is 1.25. The van der Waals surface area contributed by atoms with Crippen LogP contribution in [0.4, 0.5) is 0 Å². The van der Waals surface area contributed by atoms with Crippen LogP contribution in [0.1, 0.15) is 12.8 Å². The Hall–Kier alpha value is 0.170. The molecule has 0 heterocycles. The number of nitriles is 1. The van der Waals surface area contributed by atoms with Gasteiger partial charge in [0.15, 0.2) is 9.84 Å². The van der Waals surface area contributed by atoms with Crippen LogP contribution in [0.2, 0.25) is 0 Å². The number of hydrogen-bond donors (Lipinski definition) is 0. The number of sulfone groups is 1. The SMILES string of the molecule is CS(=O)(=O)C(I)CCC#N. The molecule has 1 atom stereocenters. The van der Waals surface area contributed by atoms with Crippen molar-refractivity contribution in [1.82, 2.24) is 0 Å². The predicted octanol–water partition coefficient (Wildman–Crippen LogP) is 1.10. The van der Waals surface area contributed by atoms with Gasteiger partial charge in [0.05, 0.1) is 6.07 Å². The van der Waals surface area contributed by atoms with Crippen molar-refractivity contribution >= 4 is 32.4 Å². The van der Waals surface area contributed by atoms with Gasteiger partial charge in [-0.25, -0.2) is 8.42 Å². The zero-order chi connectivity index (χ0) is 8.20. The Labute approximate surface area is 74.5 Å². The van der Waals surface area contributed by atoms with Crippen LogP contribution in [0.15, 0.2) is 0 Å². The average Bonchev–Trinajstić information content (AvgIpc) is 1.80. The minimum absolute atomic E-state index is 0.306. The second kappa shape index (κ2) is 4.13. The number of alkyl halides is 1. The van der Waals surface area contributed by atoms with E-state index in [1.165, 1.54) is 6.26 Å². The minimum atomic E-state index is -2.94. The van der Waals surface area contributed by atoms with E-state index in [0.717, 1.165) is 0 Å². The molecule has 0 amide bonds. The van der Waals surface area contributed by atoms with Crippen molar-refractivity contribution in [3.63, 3.8) is 0 Å². The molecule has 0 radical (unpaired) electrons. The maximum Gasteiger partial charge on any atom is 0.159 e. The van der Waals surface area contributed by atoms with Gasteiger partial charge in [-0.3, -0.25) is 0 Å². The van der Waals surface area contributed by atoms with E-state index in [-0.39, 0.29) is 0 Å². The molecule has 5 heteroatoms. The van der Waals surface area contributed by atoms with Crippen LogP contribution in [-0.4, -0.2) is 17.9 Å². The third kappa shape index (κ3) is 4.06. The lowest BCUT2D eigenvalue weighted by Crippen LogP contribution is -2.11. The minimum Gasteiger partial charge on any atom is -0.228 e. The molecule has 0 aliphatic carbocycles. The maximum atomic E-state index is 10.7. The lowest BCUT2D eigenvalue weighted by Gasteiger charge is -2.02. The molecule has 3 nitrogen and oxygen atoms in total. The van der Waals surface area contributed by atoms with Crippen LogP contribution in [-0.2, 0) is 9.84 Å². The van der Waals surface area contributed by atoms with Crippen molar-refractivity contribution in [3.05, 3.63) is 0 Å². The lowest BCUT2D eigenvalue weighted by atomic mass is 10.4. The molecular formula is C5H8INO2S. The summed E-state index contributed by atoms with van der Waals surface area (Å²) in [5, 5.41) is 8.13. The maximum absolute atomic E-state index is 10.7. The molecule has 10 heavy (non-hydrogen) atoms. The van der Waals surface area contributed by atoms with Crippen LogP contribution in [0, 0.1) is 11.3 Å². The Morgan fingerprint density at radius 3 is 2.50 bits per heavy atom. The summed E-state index contributed by atoms with van der Waals surface area (Å²) in [6.45, 7) is 0. The zero-order valence-corrected chi connectivity index (χ0v) is 8.52. The van der Waals surface area contributed by atoms with Gasteiger partial charge in [-0.1, -0.05) is 22.6 Å². The Kier molecular flexibility index (Phi) is 4.20. The Morgan fingerprint density at radius 2 is 2.20 bits per heavy atom. The summed E-state index contributed by atoms with van der Waals surface area (Å²) >= 11 is 1.83. The second-order valence-electron chi connectivity index (χ2n) is 1.94. The van der Waals surface area contributed by atoms with E-state index in [4.69, 9.17) is 5.26 Å². The van der Waals surface area contributed by atoms with Crippen LogP contribution in [0.5, 0.6) is 0 Å². The summed E-state index contributed by atoms with van der Waals surface area (Å²) in [7, 11) is -2.94. The smallest absolute Gasteiger partial charge is 0.159 e. The summed E-state index contributed by atoms with van der Waals surface area (Å²) in [4.78, 5) is 0. The molecule has 0 aromatic carbocycles. The van der Waals surface area contributed by atoms with E-state index < -0.39 is 13.1 Å². The van der Waals surface area contributed by atoms with Gasteiger partial charge in [0.1, 0.15) is 3.26 Å². The van der Waals surface area contributed by atoms with E-state index >= 15 is 0 Å². The monoisotopic (exact) mass is 273 g/mol. The van der Waals surface area contributed by atoms with Crippen LogP contribution < -0.4 is 0 Å². The summed E-state index contributed by atoms with van der Waals surface area (Å²) in [5.74, 6) is 0. The Balaban J connectivity index is 3.90. The number of hydrogen-bond acceptors (Lipinski definition) is 3. The summed E-state index contributed by atoms with van der Waals surface area (Å²) in [6, 6.07) is 1.90. The lowest BCUT2D eigenvalue weighted by molar-refractivity contribution is 0.598. The Bertz CT molecular complexity index is 229. The summed E-state index contributed by atoms with van der Waals surface area (Å²) in [6.07, 6.45) is 1.91. The highest BCUT2D eigenvalue weighted by molar-refractivity contribution is 14.1. The molecule has 0 bridgehead atoms. The topological polar surface area (TPSA) is 57.9 Å². The van der Waals surface area contributed by atoms with Crippen molar-refractivity contribution in [2.75, 3.05) is 6.26 Å². The van der Waals surface area contributed by atoms with Crippen LogP contribution in [0.3, 0.4) is 0 Å². The molecular weight excluding hydrogens is 265 g/mol. The molecule has 1 unspecified atom stereocenters. The molecule has 0 aliphatic heterocycles. The first-order valence-corrected chi connectivity index (χ1v) is 5.88. The Morgan fingerprint density at radius 1 is 1.70 bits per heavy atom. The molecule has 0 saturated carbocycles. The number of rotatable bonds is 3. The molecule has 0 saturated heterocycles. The van der Waals surface area contributed by atoms with E-state index in [0.29, 0.717) is 12.8 Å². The fourth-order valence-electron chi connectivity index (χ4n) is 0.392. The van der Waals surface area contributed by atoms with Crippen molar-refractivity contribution in [3.8, 4) is 6.07 Å². The largest absolute Gasteiger partial charge is 0.228 e. The van der Waals surface area contributed by atoms with Gasteiger partial charge < -0.3 is 0 Å². The second-order valence-corrected chi connectivity index (χ2v) is 6.51. The van der Waals surface area contributed by atoms with Gasteiger partial charge in [-0.15, -0.1) is 0 Å². The third-order valence-electron chi connectivity index (χ3n) is 0.948. The highest BCUT2D eigenvalue weighted by Crippen LogP contribution is 2.14. The molecule has 0 fully saturated rings. The summed E-state index contributed by atoms with van der Waals surface area (Å²) in [5.41, 5.74) is 0. The van der Waals surface area contributed by atoms with E-state index in [1.807, 2.05) is 28.7 Å². The van der Waals surface area contributed by atoms with Gasteiger partial charge in [-0.05, 0) is 6.42 Å². The van der Waals surface area contributed by atoms with E-state index in [1.54, 1.807) is 0 Å². The number of halogens is 1. The molecule has 0 aliphatic rings. The molecule has 0 aromatic rings. The van der Waals surface area contributed by atoms with Crippen molar-refractivity contribution < 1.29 is 8.42 Å². The van der Waals surface area contributed by atoms with Gasteiger partial charge in [0.25, 0.3) is 0 Å². The highest BCUT2D eigenvalue weighted by Gasteiger charge is 2.15. The third-order valence-corrected chi connectivity index (χ3v) is 5.51. The van der Waals surface area contributed by atoms with Crippen molar-refractivity contribution in [1.29, 1.82) is 5.26 Å². The fraction of sp³-hybridized carbons (Fsp3) is 0.800. The standard InChI is InChI=1S/C5H8INO2S/c1-10(8,9)5(6)3-2-4-7/h5H,2-3H2,1H3. The average molecular weight is 273 g/mol. The van der Waals surface area contributed by atoms with Gasteiger partial charge in [0.2, 0.25) is 0 Å². The molecule has 0 aromatic heterocycles.